The number of carbonyl (C=O) groups excluding carboxylic acids is 1. The molecule has 0 spiro atoms. The van der Waals surface area contributed by atoms with Crippen molar-refractivity contribution in [3.05, 3.63) is 65.7 Å². The maximum atomic E-state index is 13.5. The van der Waals surface area contributed by atoms with Crippen molar-refractivity contribution >= 4 is 21.9 Å². The Hall–Kier alpha value is -2.46. The molecule has 0 atom stereocenters. The van der Waals surface area contributed by atoms with Crippen LogP contribution in [0.25, 0.3) is 0 Å². The monoisotopic (exact) mass is 446 g/mol. The zero-order chi connectivity index (χ0) is 22.3. The number of rotatable bonds is 9. The van der Waals surface area contributed by atoms with E-state index in [0.29, 0.717) is 24.3 Å². The van der Waals surface area contributed by atoms with Gasteiger partial charge in [-0.05, 0) is 29.8 Å². The maximum absolute atomic E-state index is 13.5. The Labute approximate surface area is 184 Å². The molecule has 1 saturated heterocycles. The van der Waals surface area contributed by atoms with Crippen LogP contribution in [0.3, 0.4) is 0 Å². The lowest BCUT2D eigenvalue weighted by molar-refractivity contribution is 0.0600. The molecule has 0 bridgehead atoms. The smallest absolute Gasteiger partial charge is 0.337 e. The minimum atomic E-state index is -3.75. The number of anilines is 1. The number of nitrogens with zero attached hydrogens (tertiary/aromatic N) is 3. The first-order valence-corrected chi connectivity index (χ1v) is 11.7. The van der Waals surface area contributed by atoms with Crippen molar-refractivity contribution in [3.63, 3.8) is 0 Å². The van der Waals surface area contributed by atoms with Gasteiger partial charge in [-0.2, -0.15) is 12.7 Å². The fourth-order valence-electron chi connectivity index (χ4n) is 3.43. The molecule has 1 heterocycles. The van der Waals surface area contributed by atoms with Crippen molar-refractivity contribution in [1.82, 2.24) is 14.5 Å². The van der Waals surface area contributed by atoms with E-state index in [2.05, 4.69) is 10.2 Å². The molecule has 168 valence electrons. The van der Waals surface area contributed by atoms with Crippen LogP contribution in [0, 0.1) is 0 Å². The summed E-state index contributed by atoms with van der Waals surface area (Å²) in [4.78, 5) is 13.9. The van der Waals surface area contributed by atoms with Gasteiger partial charge in [-0.15, -0.1) is 0 Å². The number of piperazine rings is 1. The van der Waals surface area contributed by atoms with E-state index in [1.165, 1.54) is 15.7 Å². The van der Waals surface area contributed by atoms with Crippen molar-refractivity contribution in [2.24, 2.45) is 0 Å². The van der Waals surface area contributed by atoms with Crippen LogP contribution < -0.4 is 9.62 Å². The number of methoxy groups -OCH3 is 1. The molecule has 0 aromatic heterocycles. The second-order valence-corrected chi connectivity index (χ2v) is 9.41. The Morgan fingerprint density at radius 1 is 1.06 bits per heavy atom. The molecule has 2 aromatic rings. The minimum absolute atomic E-state index is 0.159. The molecule has 2 aromatic carbocycles. The van der Waals surface area contributed by atoms with E-state index in [1.54, 1.807) is 43.4 Å². The summed E-state index contributed by atoms with van der Waals surface area (Å²) in [5.41, 5.74) is 1.79. The normalized spacial score (nSPS) is 15.1. The predicted octanol–water partition coefficient (Wildman–Crippen LogP) is 1.56. The van der Waals surface area contributed by atoms with E-state index in [9.17, 15) is 13.2 Å². The maximum Gasteiger partial charge on any atom is 0.337 e. The second-order valence-electron chi connectivity index (χ2n) is 7.45. The van der Waals surface area contributed by atoms with Gasteiger partial charge in [-0.3, -0.25) is 9.21 Å². The molecular formula is C22H30N4O4S. The van der Waals surface area contributed by atoms with Crippen LogP contribution in [-0.4, -0.2) is 77.0 Å². The number of para-hydroxylation sites is 1. The van der Waals surface area contributed by atoms with Crippen molar-refractivity contribution in [2.45, 2.75) is 6.54 Å². The SMILES string of the molecule is COC(=O)c1ccc(CN(c2ccccc2)S(=O)(=O)N(C)CCN2CCNCC2)cc1. The van der Waals surface area contributed by atoms with Gasteiger partial charge >= 0.3 is 16.2 Å². The number of hydrogen-bond acceptors (Lipinski definition) is 6. The average Bonchev–Trinajstić information content (AvgIpc) is 2.82. The number of esters is 1. The highest BCUT2D eigenvalue weighted by atomic mass is 32.2. The van der Waals surface area contributed by atoms with Crippen LogP contribution in [0.1, 0.15) is 15.9 Å². The summed E-state index contributed by atoms with van der Waals surface area (Å²) in [6.45, 7) is 4.95. The summed E-state index contributed by atoms with van der Waals surface area (Å²) in [6, 6.07) is 15.8. The lowest BCUT2D eigenvalue weighted by Gasteiger charge is -2.32. The van der Waals surface area contributed by atoms with E-state index >= 15 is 0 Å². The van der Waals surface area contributed by atoms with Crippen LogP contribution in [0.2, 0.25) is 0 Å². The highest BCUT2D eigenvalue weighted by molar-refractivity contribution is 7.90. The molecule has 1 aliphatic heterocycles. The van der Waals surface area contributed by atoms with Gasteiger partial charge in [-0.1, -0.05) is 30.3 Å². The van der Waals surface area contributed by atoms with Gasteiger partial charge in [-0.25, -0.2) is 4.79 Å². The Morgan fingerprint density at radius 3 is 2.32 bits per heavy atom. The molecule has 0 amide bonds. The highest BCUT2D eigenvalue weighted by Crippen LogP contribution is 2.23. The Balaban J connectivity index is 1.78. The van der Waals surface area contributed by atoms with Crippen LogP contribution >= 0.6 is 0 Å². The summed E-state index contributed by atoms with van der Waals surface area (Å²) in [5, 5.41) is 3.30. The number of ether oxygens (including phenoxy) is 1. The van der Waals surface area contributed by atoms with Crippen molar-refractivity contribution in [1.29, 1.82) is 0 Å². The standard InChI is InChI=1S/C22H30N4O4S/c1-24(16-17-25-14-12-23-13-15-25)31(28,29)26(21-6-4-3-5-7-21)18-19-8-10-20(11-9-19)22(27)30-2/h3-11,23H,12-18H2,1-2H3. The zero-order valence-corrected chi connectivity index (χ0v) is 18.8. The first-order valence-electron chi connectivity index (χ1n) is 10.3. The molecule has 8 nitrogen and oxygen atoms in total. The lowest BCUT2D eigenvalue weighted by atomic mass is 10.1. The summed E-state index contributed by atoms with van der Waals surface area (Å²) in [6.07, 6.45) is 0. The highest BCUT2D eigenvalue weighted by Gasteiger charge is 2.28. The summed E-state index contributed by atoms with van der Waals surface area (Å²) in [7, 11) is -0.803. The molecule has 1 N–H and O–H groups in total. The van der Waals surface area contributed by atoms with E-state index in [1.807, 2.05) is 18.2 Å². The Morgan fingerprint density at radius 2 is 1.71 bits per heavy atom. The zero-order valence-electron chi connectivity index (χ0n) is 18.0. The molecule has 3 rings (SSSR count). The van der Waals surface area contributed by atoms with Crippen molar-refractivity contribution in [3.8, 4) is 0 Å². The van der Waals surface area contributed by atoms with E-state index in [-0.39, 0.29) is 6.54 Å². The van der Waals surface area contributed by atoms with Crippen LogP contribution in [0.15, 0.2) is 54.6 Å². The molecule has 0 unspecified atom stereocenters. The van der Waals surface area contributed by atoms with Gasteiger partial charge in [0.2, 0.25) is 0 Å². The molecule has 1 aliphatic rings. The third-order valence-electron chi connectivity index (χ3n) is 5.36. The van der Waals surface area contributed by atoms with Gasteiger partial charge in [0.05, 0.1) is 24.9 Å². The van der Waals surface area contributed by atoms with E-state index < -0.39 is 16.2 Å². The number of hydrogen-bond donors (Lipinski definition) is 1. The fraction of sp³-hybridized carbons (Fsp3) is 0.409. The van der Waals surface area contributed by atoms with E-state index in [4.69, 9.17) is 4.74 Å². The first-order chi connectivity index (χ1) is 14.9. The second kappa shape index (κ2) is 10.7. The third-order valence-corrected chi connectivity index (χ3v) is 7.23. The number of carbonyl (C=O) groups is 1. The lowest BCUT2D eigenvalue weighted by Crippen LogP contribution is -2.48. The average molecular weight is 447 g/mol. The van der Waals surface area contributed by atoms with Gasteiger partial charge in [0.15, 0.2) is 0 Å². The Kier molecular flexibility index (Phi) is 8.03. The summed E-state index contributed by atoms with van der Waals surface area (Å²) < 4.78 is 34.5. The first kappa shape index (κ1) is 23.2. The molecule has 9 heteroatoms. The van der Waals surface area contributed by atoms with Crippen LogP contribution in [0.5, 0.6) is 0 Å². The quantitative estimate of drug-likeness (QED) is 0.589. The topological polar surface area (TPSA) is 82.2 Å². The largest absolute Gasteiger partial charge is 0.465 e. The summed E-state index contributed by atoms with van der Waals surface area (Å²) >= 11 is 0. The van der Waals surface area contributed by atoms with Crippen molar-refractivity contribution < 1.29 is 17.9 Å². The molecule has 1 fully saturated rings. The number of likely N-dealkylation sites (N-methyl/N-ethyl adjacent to an activating group) is 1. The number of benzene rings is 2. The predicted molar refractivity (Wildman–Crippen MR) is 121 cm³/mol. The van der Waals surface area contributed by atoms with Crippen LogP contribution in [0.4, 0.5) is 5.69 Å². The molecule has 0 saturated carbocycles. The van der Waals surface area contributed by atoms with Gasteiger partial charge < -0.3 is 10.1 Å². The summed E-state index contributed by atoms with van der Waals surface area (Å²) in [5.74, 6) is -0.424. The van der Waals surface area contributed by atoms with Gasteiger partial charge in [0.1, 0.15) is 0 Å². The van der Waals surface area contributed by atoms with Gasteiger partial charge in [0.25, 0.3) is 0 Å². The van der Waals surface area contributed by atoms with Gasteiger partial charge in [0, 0.05) is 46.3 Å². The molecule has 0 radical (unpaired) electrons. The molecule has 0 aliphatic carbocycles. The molecule has 31 heavy (non-hydrogen) atoms. The molecular weight excluding hydrogens is 416 g/mol. The van der Waals surface area contributed by atoms with Crippen LogP contribution in [-0.2, 0) is 21.5 Å². The Bertz CT molecular complexity index is 945. The van der Waals surface area contributed by atoms with E-state index in [0.717, 1.165) is 31.7 Å². The fourth-order valence-corrected chi connectivity index (χ4v) is 4.78. The third kappa shape index (κ3) is 6.04. The number of nitrogens with one attached hydrogen (secondary N) is 1. The minimum Gasteiger partial charge on any atom is -0.465 e. The van der Waals surface area contributed by atoms with Crippen molar-refractivity contribution in [2.75, 3.05) is 57.7 Å².